The van der Waals surface area contributed by atoms with Crippen LogP contribution in [-0.2, 0) is 10.0 Å². The topological polar surface area (TPSA) is 124 Å². The zero-order valence-electron chi connectivity index (χ0n) is 22.7. The van der Waals surface area contributed by atoms with E-state index in [-0.39, 0.29) is 34.2 Å². The van der Waals surface area contributed by atoms with Crippen LogP contribution in [0.2, 0.25) is 0 Å². The average molecular weight is 545 g/mol. The van der Waals surface area contributed by atoms with Crippen molar-refractivity contribution < 1.29 is 27.1 Å². The van der Waals surface area contributed by atoms with Gasteiger partial charge in [-0.15, -0.1) is 5.10 Å². The molecule has 0 fully saturated rings. The highest BCUT2D eigenvalue weighted by Crippen LogP contribution is 2.33. The van der Waals surface area contributed by atoms with Gasteiger partial charge in [0.15, 0.2) is 11.5 Å². The summed E-state index contributed by atoms with van der Waals surface area (Å²) in [5.41, 5.74) is 0.856. The molecule has 0 saturated carbocycles. The van der Waals surface area contributed by atoms with E-state index in [1.165, 1.54) is 28.6 Å². The molecule has 1 aromatic heterocycles. The standard InChI is InChI=1S/C27H36N4O6S/c1-7-35-23-14-11-21(15-24(23)36-8-2)26-29-30-27(37-26)28-25(32)20-9-12-22(13-10-20)38(33,34)31(16-18(3)4)17-19(5)6/h9-15,18-19H,7-8,16-17H2,1-6H3,(H,28,30,32). The molecule has 1 heterocycles. The number of rotatable bonds is 13. The molecular weight excluding hydrogens is 508 g/mol. The van der Waals surface area contributed by atoms with Crippen molar-refractivity contribution >= 4 is 21.9 Å². The Hall–Kier alpha value is -3.44. The molecule has 0 aliphatic heterocycles. The van der Waals surface area contributed by atoms with Crippen LogP contribution in [0.4, 0.5) is 6.01 Å². The lowest BCUT2D eigenvalue weighted by molar-refractivity contribution is 0.102. The lowest BCUT2D eigenvalue weighted by Gasteiger charge is -2.25. The predicted molar refractivity (Wildman–Crippen MR) is 145 cm³/mol. The Bertz CT molecular complexity index is 1310. The Morgan fingerprint density at radius 3 is 2.11 bits per heavy atom. The van der Waals surface area contributed by atoms with Crippen molar-refractivity contribution in [3.63, 3.8) is 0 Å². The summed E-state index contributed by atoms with van der Waals surface area (Å²) in [6.45, 7) is 13.5. The van der Waals surface area contributed by atoms with E-state index in [9.17, 15) is 13.2 Å². The minimum Gasteiger partial charge on any atom is -0.490 e. The van der Waals surface area contributed by atoms with Crippen LogP contribution in [0.25, 0.3) is 11.5 Å². The number of carbonyl (C=O) groups is 1. The summed E-state index contributed by atoms with van der Waals surface area (Å²) < 4.78 is 44.8. The van der Waals surface area contributed by atoms with Crippen molar-refractivity contribution in [2.24, 2.45) is 11.8 Å². The summed E-state index contributed by atoms with van der Waals surface area (Å²) in [5, 5.41) is 10.5. The molecule has 1 amide bonds. The summed E-state index contributed by atoms with van der Waals surface area (Å²) in [5.74, 6) is 1.20. The summed E-state index contributed by atoms with van der Waals surface area (Å²) in [7, 11) is -3.69. The number of amides is 1. The van der Waals surface area contributed by atoms with E-state index in [4.69, 9.17) is 13.9 Å². The third-order valence-corrected chi connectivity index (χ3v) is 7.17. The highest BCUT2D eigenvalue weighted by atomic mass is 32.2. The van der Waals surface area contributed by atoms with E-state index >= 15 is 0 Å². The van der Waals surface area contributed by atoms with Crippen molar-refractivity contribution in [3.8, 4) is 23.0 Å². The van der Waals surface area contributed by atoms with Gasteiger partial charge in [0.25, 0.3) is 5.91 Å². The highest BCUT2D eigenvalue weighted by molar-refractivity contribution is 7.89. The van der Waals surface area contributed by atoms with Gasteiger partial charge in [0.1, 0.15) is 0 Å². The summed E-state index contributed by atoms with van der Waals surface area (Å²) in [6.07, 6.45) is 0. The smallest absolute Gasteiger partial charge is 0.322 e. The van der Waals surface area contributed by atoms with E-state index in [1.807, 2.05) is 41.5 Å². The summed E-state index contributed by atoms with van der Waals surface area (Å²) in [4.78, 5) is 12.9. The maximum Gasteiger partial charge on any atom is 0.322 e. The zero-order valence-corrected chi connectivity index (χ0v) is 23.5. The molecule has 0 atom stereocenters. The van der Waals surface area contributed by atoms with Crippen LogP contribution in [0.1, 0.15) is 51.9 Å². The molecule has 0 spiro atoms. The number of ether oxygens (including phenoxy) is 2. The first-order chi connectivity index (χ1) is 18.0. The monoisotopic (exact) mass is 544 g/mol. The normalized spacial score (nSPS) is 11.8. The van der Waals surface area contributed by atoms with E-state index < -0.39 is 15.9 Å². The van der Waals surface area contributed by atoms with Crippen LogP contribution in [-0.4, -0.2) is 55.1 Å². The molecule has 0 bridgehead atoms. The van der Waals surface area contributed by atoms with Crippen LogP contribution in [0.3, 0.4) is 0 Å². The third kappa shape index (κ3) is 7.32. The molecule has 3 aromatic rings. The van der Waals surface area contributed by atoms with Crippen molar-refractivity contribution in [3.05, 3.63) is 48.0 Å². The molecular formula is C27H36N4O6S. The van der Waals surface area contributed by atoms with Crippen molar-refractivity contribution in [2.75, 3.05) is 31.6 Å². The second-order valence-corrected chi connectivity index (χ2v) is 11.5. The number of aromatic nitrogens is 2. The van der Waals surface area contributed by atoms with Crippen LogP contribution < -0.4 is 14.8 Å². The first kappa shape index (κ1) is 29.1. The largest absolute Gasteiger partial charge is 0.490 e. The van der Waals surface area contributed by atoms with Crippen LogP contribution >= 0.6 is 0 Å². The first-order valence-corrected chi connectivity index (χ1v) is 14.1. The minimum absolute atomic E-state index is 0.0893. The molecule has 2 aromatic carbocycles. The molecule has 206 valence electrons. The fourth-order valence-electron chi connectivity index (χ4n) is 3.76. The van der Waals surface area contributed by atoms with Gasteiger partial charge in [-0.3, -0.25) is 10.1 Å². The minimum atomic E-state index is -3.69. The number of anilines is 1. The van der Waals surface area contributed by atoms with E-state index in [1.54, 1.807) is 18.2 Å². The van der Waals surface area contributed by atoms with Crippen LogP contribution in [0.5, 0.6) is 11.5 Å². The summed E-state index contributed by atoms with van der Waals surface area (Å²) in [6, 6.07) is 11.0. The van der Waals surface area contributed by atoms with Crippen LogP contribution in [0, 0.1) is 11.8 Å². The van der Waals surface area contributed by atoms with Gasteiger partial charge < -0.3 is 13.9 Å². The fourth-order valence-corrected chi connectivity index (χ4v) is 5.52. The Morgan fingerprint density at radius 1 is 0.921 bits per heavy atom. The Labute approximate surface area is 224 Å². The van der Waals surface area contributed by atoms with E-state index in [0.717, 1.165) is 0 Å². The van der Waals surface area contributed by atoms with E-state index in [2.05, 4.69) is 15.5 Å². The third-order valence-electron chi connectivity index (χ3n) is 5.33. The van der Waals surface area contributed by atoms with Crippen LogP contribution in [0.15, 0.2) is 51.8 Å². The maximum absolute atomic E-state index is 13.2. The number of nitrogens with zero attached hydrogens (tertiary/aromatic N) is 3. The molecule has 0 aliphatic rings. The van der Waals surface area contributed by atoms with Gasteiger partial charge in [-0.25, -0.2) is 8.42 Å². The number of benzene rings is 2. The maximum atomic E-state index is 13.2. The SMILES string of the molecule is CCOc1ccc(-c2nnc(NC(=O)c3ccc(S(=O)(=O)N(CC(C)C)CC(C)C)cc3)o2)cc1OCC. The van der Waals surface area contributed by atoms with Gasteiger partial charge in [0.2, 0.25) is 15.9 Å². The Balaban J connectivity index is 1.74. The molecule has 10 nitrogen and oxygen atoms in total. The molecule has 11 heteroatoms. The zero-order chi connectivity index (χ0) is 27.9. The average Bonchev–Trinajstić information content (AvgIpc) is 3.33. The molecule has 38 heavy (non-hydrogen) atoms. The van der Waals surface area contributed by atoms with Crippen molar-refractivity contribution in [1.82, 2.24) is 14.5 Å². The highest BCUT2D eigenvalue weighted by Gasteiger charge is 2.26. The number of hydrogen-bond acceptors (Lipinski definition) is 8. The van der Waals surface area contributed by atoms with Gasteiger partial charge >= 0.3 is 6.01 Å². The molecule has 0 saturated heterocycles. The number of nitrogens with one attached hydrogen (secondary N) is 1. The lowest BCUT2D eigenvalue weighted by Crippen LogP contribution is -2.37. The quantitative estimate of drug-likeness (QED) is 0.316. The first-order valence-electron chi connectivity index (χ1n) is 12.7. The van der Waals surface area contributed by atoms with Gasteiger partial charge in [0.05, 0.1) is 18.1 Å². The van der Waals surface area contributed by atoms with E-state index in [0.29, 0.717) is 43.4 Å². The number of carbonyl (C=O) groups excluding carboxylic acids is 1. The molecule has 3 rings (SSSR count). The molecule has 0 radical (unpaired) electrons. The second-order valence-electron chi connectivity index (χ2n) is 9.53. The van der Waals surface area contributed by atoms with Gasteiger partial charge in [0, 0.05) is 24.2 Å². The van der Waals surface area contributed by atoms with Gasteiger partial charge in [-0.05, 0) is 68.1 Å². The number of hydrogen-bond donors (Lipinski definition) is 1. The van der Waals surface area contributed by atoms with Gasteiger partial charge in [-0.2, -0.15) is 4.31 Å². The fraction of sp³-hybridized carbons (Fsp3) is 0.444. The van der Waals surface area contributed by atoms with Gasteiger partial charge in [-0.1, -0.05) is 32.8 Å². The Morgan fingerprint density at radius 2 is 1.53 bits per heavy atom. The Kier molecular flexibility index (Phi) is 9.87. The predicted octanol–water partition coefficient (Wildman–Crippen LogP) is 5.09. The summed E-state index contributed by atoms with van der Waals surface area (Å²) >= 11 is 0. The number of sulfonamides is 1. The lowest BCUT2D eigenvalue weighted by atomic mass is 10.2. The van der Waals surface area contributed by atoms with Crippen molar-refractivity contribution in [1.29, 1.82) is 0 Å². The second kappa shape index (κ2) is 12.9. The molecule has 0 aliphatic carbocycles. The molecule has 0 unspecified atom stereocenters. The molecule has 1 N–H and O–H groups in total. The van der Waals surface area contributed by atoms with Crippen molar-refractivity contribution in [2.45, 2.75) is 46.4 Å².